The molecule has 17 heavy (non-hydrogen) atoms. The summed E-state index contributed by atoms with van der Waals surface area (Å²) in [5, 5.41) is 0. The molecule has 1 aliphatic heterocycles. The lowest BCUT2D eigenvalue weighted by atomic mass is 10.2. The van der Waals surface area contributed by atoms with Crippen LogP contribution in [0.25, 0.3) is 0 Å². The summed E-state index contributed by atoms with van der Waals surface area (Å²) in [6.45, 7) is 1.04. The molecule has 1 atom stereocenters. The molecule has 0 aliphatic carbocycles. The van der Waals surface area contributed by atoms with E-state index in [0.29, 0.717) is 13.1 Å². The minimum atomic E-state index is -1.01. The molecule has 0 aromatic heterocycles. The first kappa shape index (κ1) is 13.9. The van der Waals surface area contributed by atoms with Crippen molar-refractivity contribution < 1.29 is 13.6 Å². The molecule has 1 saturated heterocycles. The minimum Gasteiger partial charge on any atom is -0.337 e. The number of carbonyl (C=O) groups excluding carboxylic acids is 1. The Kier molecular flexibility index (Phi) is 4.42. The maximum absolute atomic E-state index is 12.9. The summed E-state index contributed by atoms with van der Waals surface area (Å²) in [4.78, 5) is 13.4. The van der Waals surface area contributed by atoms with Gasteiger partial charge in [0.25, 0.3) is 5.91 Å². The summed E-state index contributed by atoms with van der Waals surface area (Å²) in [6.07, 6.45) is 0.745. The van der Waals surface area contributed by atoms with Crippen LogP contribution in [0, 0.1) is 11.6 Å². The van der Waals surface area contributed by atoms with Gasteiger partial charge < -0.3 is 10.6 Å². The Morgan fingerprint density at radius 1 is 1.35 bits per heavy atom. The maximum atomic E-state index is 12.9. The molecule has 1 aromatic carbocycles. The summed E-state index contributed by atoms with van der Waals surface area (Å²) in [5.74, 6) is -2.25. The molecule has 0 bridgehead atoms. The van der Waals surface area contributed by atoms with Crippen molar-refractivity contribution in [1.29, 1.82) is 0 Å². The van der Waals surface area contributed by atoms with Gasteiger partial charge in [0.15, 0.2) is 11.6 Å². The van der Waals surface area contributed by atoms with Crippen LogP contribution in [0.15, 0.2) is 18.2 Å². The smallest absolute Gasteiger partial charge is 0.254 e. The number of hydrogen-bond donors (Lipinski definition) is 1. The third-order valence-electron chi connectivity index (χ3n) is 2.68. The molecule has 94 valence electrons. The number of carbonyl (C=O) groups is 1. The van der Waals surface area contributed by atoms with E-state index in [1.54, 1.807) is 4.90 Å². The molecular weight excluding hydrogens is 250 g/mol. The molecule has 0 spiro atoms. The number of nitrogens with zero attached hydrogens (tertiary/aromatic N) is 1. The summed E-state index contributed by atoms with van der Waals surface area (Å²) >= 11 is 0. The Morgan fingerprint density at radius 2 is 2.06 bits per heavy atom. The molecule has 3 nitrogen and oxygen atoms in total. The van der Waals surface area contributed by atoms with E-state index in [2.05, 4.69) is 0 Å². The first-order valence-electron chi connectivity index (χ1n) is 5.08. The number of benzene rings is 1. The Labute approximate surface area is 104 Å². The Balaban J connectivity index is 0.00000144. The lowest BCUT2D eigenvalue weighted by Crippen LogP contribution is -2.31. The highest BCUT2D eigenvalue weighted by Gasteiger charge is 2.24. The van der Waals surface area contributed by atoms with Crippen LogP contribution < -0.4 is 5.73 Å². The van der Waals surface area contributed by atoms with E-state index in [4.69, 9.17) is 5.73 Å². The van der Waals surface area contributed by atoms with E-state index in [9.17, 15) is 13.6 Å². The highest BCUT2D eigenvalue weighted by atomic mass is 35.5. The van der Waals surface area contributed by atoms with Crippen LogP contribution in [0.4, 0.5) is 8.78 Å². The monoisotopic (exact) mass is 262 g/mol. The highest BCUT2D eigenvalue weighted by molar-refractivity contribution is 5.94. The van der Waals surface area contributed by atoms with E-state index in [0.717, 1.165) is 18.6 Å². The van der Waals surface area contributed by atoms with Gasteiger partial charge in [-0.05, 0) is 24.6 Å². The van der Waals surface area contributed by atoms with Crippen molar-refractivity contribution in [2.45, 2.75) is 12.5 Å². The molecule has 2 N–H and O–H groups in total. The van der Waals surface area contributed by atoms with Gasteiger partial charge in [-0.25, -0.2) is 8.78 Å². The summed E-state index contributed by atoms with van der Waals surface area (Å²) in [7, 11) is 0. The Hall–Kier alpha value is -1.20. The minimum absolute atomic E-state index is 0. The average molecular weight is 263 g/mol. The number of halogens is 3. The normalized spacial score (nSPS) is 19.0. The summed E-state index contributed by atoms with van der Waals surface area (Å²) < 4.78 is 25.6. The van der Waals surface area contributed by atoms with Gasteiger partial charge in [0, 0.05) is 24.7 Å². The molecule has 0 radical (unpaired) electrons. The van der Waals surface area contributed by atoms with Crippen molar-refractivity contribution in [3.05, 3.63) is 35.4 Å². The zero-order chi connectivity index (χ0) is 11.7. The lowest BCUT2D eigenvalue weighted by Gasteiger charge is -2.15. The predicted molar refractivity (Wildman–Crippen MR) is 62.1 cm³/mol. The third-order valence-corrected chi connectivity index (χ3v) is 2.68. The van der Waals surface area contributed by atoms with E-state index in [-0.39, 0.29) is 29.9 Å². The quantitative estimate of drug-likeness (QED) is 0.835. The van der Waals surface area contributed by atoms with Crippen molar-refractivity contribution in [2.24, 2.45) is 5.73 Å². The first-order chi connectivity index (χ1) is 7.58. The fourth-order valence-electron chi connectivity index (χ4n) is 1.78. The topological polar surface area (TPSA) is 46.3 Å². The zero-order valence-electron chi connectivity index (χ0n) is 9.03. The van der Waals surface area contributed by atoms with Crippen molar-refractivity contribution >= 4 is 18.3 Å². The summed E-state index contributed by atoms with van der Waals surface area (Å²) in [6, 6.07) is 3.14. The van der Waals surface area contributed by atoms with E-state index in [1.807, 2.05) is 0 Å². The fourth-order valence-corrected chi connectivity index (χ4v) is 1.78. The maximum Gasteiger partial charge on any atom is 0.254 e. The molecule has 1 aliphatic rings. The lowest BCUT2D eigenvalue weighted by molar-refractivity contribution is 0.0790. The van der Waals surface area contributed by atoms with Gasteiger partial charge in [-0.1, -0.05) is 0 Å². The molecule has 1 amide bonds. The molecule has 0 saturated carbocycles. The van der Waals surface area contributed by atoms with Gasteiger partial charge in [0.2, 0.25) is 0 Å². The second-order valence-corrected chi connectivity index (χ2v) is 3.93. The molecule has 2 rings (SSSR count). The third kappa shape index (κ3) is 2.92. The van der Waals surface area contributed by atoms with E-state index >= 15 is 0 Å². The summed E-state index contributed by atoms with van der Waals surface area (Å²) in [5.41, 5.74) is 5.83. The Morgan fingerprint density at radius 3 is 2.59 bits per heavy atom. The van der Waals surface area contributed by atoms with Crippen LogP contribution in [0.2, 0.25) is 0 Å². The van der Waals surface area contributed by atoms with Gasteiger partial charge in [0.05, 0.1) is 0 Å². The molecule has 0 unspecified atom stereocenters. The molecular formula is C11H13ClF2N2O. The fraction of sp³-hybridized carbons (Fsp3) is 0.364. The zero-order valence-corrected chi connectivity index (χ0v) is 9.84. The van der Waals surface area contributed by atoms with Crippen molar-refractivity contribution in [3.8, 4) is 0 Å². The van der Waals surface area contributed by atoms with Crippen molar-refractivity contribution in [2.75, 3.05) is 13.1 Å². The Bertz CT molecular complexity index is 428. The van der Waals surface area contributed by atoms with Gasteiger partial charge in [-0.2, -0.15) is 0 Å². The standard InChI is InChI=1S/C11H12F2N2O.ClH/c12-9-2-1-7(5-10(9)13)11(16)15-4-3-8(14)6-15;/h1-2,5,8H,3-4,6,14H2;1H/t8-;/m1./s1. The SMILES string of the molecule is Cl.N[C@@H]1CCN(C(=O)c2ccc(F)c(F)c2)C1. The van der Waals surface area contributed by atoms with Gasteiger partial charge in [0.1, 0.15) is 0 Å². The van der Waals surface area contributed by atoms with Crippen molar-refractivity contribution in [3.63, 3.8) is 0 Å². The molecule has 1 heterocycles. The number of nitrogens with two attached hydrogens (primary N) is 1. The van der Waals surface area contributed by atoms with Gasteiger partial charge in [-0.3, -0.25) is 4.79 Å². The molecule has 6 heteroatoms. The first-order valence-corrected chi connectivity index (χ1v) is 5.08. The van der Waals surface area contributed by atoms with Crippen molar-refractivity contribution in [1.82, 2.24) is 4.90 Å². The number of amides is 1. The van der Waals surface area contributed by atoms with Crippen LogP contribution >= 0.6 is 12.4 Å². The van der Waals surface area contributed by atoms with Crippen LogP contribution in [0.5, 0.6) is 0 Å². The second-order valence-electron chi connectivity index (χ2n) is 3.93. The van der Waals surface area contributed by atoms with Crippen LogP contribution in [-0.4, -0.2) is 29.9 Å². The second kappa shape index (κ2) is 5.42. The number of rotatable bonds is 1. The number of likely N-dealkylation sites (tertiary alicyclic amines) is 1. The average Bonchev–Trinajstić information content (AvgIpc) is 2.68. The van der Waals surface area contributed by atoms with Gasteiger partial charge >= 0.3 is 0 Å². The van der Waals surface area contributed by atoms with E-state index in [1.165, 1.54) is 6.07 Å². The van der Waals surface area contributed by atoms with Crippen LogP contribution in [0.1, 0.15) is 16.8 Å². The molecule has 1 fully saturated rings. The van der Waals surface area contributed by atoms with Gasteiger partial charge in [-0.15, -0.1) is 12.4 Å². The van der Waals surface area contributed by atoms with Crippen LogP contribution in [0.3, 0.4) is 0 Å². The largest absolute Gasteiger partial charge is 0.337 e. The molecule has 1 aromatic rings. The van der Waals surface area contributed by atoms with E-state index < -0.39 is 11.6 Å². The number of hydrogen-bond acceptors (Lipinski definition) is 2. The predicted octanol–water partition coefficient (Wildman–Crippen LogP) is 1.56. The highest BCUT2D eigenvalue weighted by Crippen LogP contribution is 2.14. The van der Waals surface area contributed by atoms with Crippen LogP contribution in [-0.2, 0) is 0 Å².